The maximum absolute atomic E-state index is 14.0. The second-order valence-corrected chi connectivity index (χ2v) is 14.0. The first kappa shape index (κ1) is 31.8. The number of aromatic nitrogens is 1. The Kier molecular flexibility index (Phi) is 8.66. The third-order valence-electron chi connectivity index (χ3n) is 8.58. The lowest BCUT2D eigenvalue weighted by molar-refractivity contribution is -0.127. The van der Waals surface area contributed by atoms with Crippen LogP contribution in [0.5, 0.6) is 0 Å². The molecule has 0 spiro atoms. The fraction of sp³-hybridized carbons (Fsp3) is 0.364. The van der Waals surface area contributed by atoms with Gasteiger partial charge in [-0.05, 0) is 68.5 Å². The van der Waals surface area contributed by atoms with Crippen molar-refractivity contribution in [3.05, 3.63) is 104 Å². The van der Waals surface area contributed by atoms with Crippen LogP contribution < -0.4 is 10.0 Å². The number of benzene rings is 2. The molecule has 3 unspecified atom stereocenters. The molecule has 1 amide bonds. The average molecular weight is 671 g/mol. The molecule has 2 N–H and O–H groups in total. The molecule has 9 nitrogen and oxygen atoms in total. The number of Topliss-reactive ketones (excluding diaryl/α,β-unsaturated/α-hetero) is 1. The van der Waals surface area contributed by atoms with Crippen LogP contribution in [0.1, 0.15) is 72.3 Å². The Labute approximate surface area is 272 Å². The van der Waals surface area contributed by atoms with Crippen LogP contribution in [0.4, 0.5) is 0 Å². The summed E-state index contributed by atoms with van der Waals surface area (Å²) in [5.41, 5.74) is 4.03. The number of nitrogens with zero attached hydrogens (tertiary/aromatic N) is 1. The molecule has 2 aromatic carbocycles. The number of carbonyl (C=O) groups is 2. The van der Waals surface area contributed by atoms with E-state index >= 15 is 0 Å². The van der Waals surface area contributed by atoms with Gasteiger partial charge in [0.15, 0.2) is 5.78 Å². The average Bonchev–Trinajstić information content (AvgIpc) is 3.70. The molecule has 3 aliphatic rings. The maximum Gasteiger partial charge on any atom is 0.244 e. The Bertz CT molecular complexity index is 1820. The van der Waals surface area contributed by atoms with Crippen molar-refractivity contribution in [1.29, 1.82) is 0 Å². The summed E-state index contributed by atoms with van der Waals surface area (Å²) in [5.74, 6) is -1.22. The van der Waals surface area contributed by atoms with Gasteiger partial charge < -0.3 is 9.47 Å². The van der Waals surface area contributed by atoms with Gasteiger partial charge in [-0.1, -0.05) is 53.5 Å². The molecule has 0 saturated heterocycles. The van der Waals surface area contributed by atoms with Crippen molar-refractivity contribution in [1.82, 2.24) is 15.0 Å². The van der Waals surface area contributed by atoms with Crippen molar-refractivity contribution in [2.75, 3.05) is 13.2 Å². The highest BCUT2D eigenvalue weighted by Gasteiger charge is 2.54. The highest BCUT2D eigenvalue weighted by atomic mass is 35.5. The second-order valence-electron chi connectivity index (χ2n) is 11.5. The van der Waals surface area contributed by atoms with Crippen molar-refractivity contribution in [2.45, 2.75) is 63.2 Å². The molecule has 2 heterocycles. The molecular formula is C33H33Cl2N3O6S. The summed E-state index contributed by atoms with van der Waals surface area (Å²) >= 11 is 12.7. The normalized spacial score (nSPS) is 21.8. The maximum atomic E-state index is 14.0. The van der Waals surface area contributed by atoms with Gasteiger partial charge in [0.2, 0.25) is 15.9 Å². The number of halogens is 2. The van der Waals surface area contributed by atoms with E-state index in [0.29, 0.717) is 69.6 Å². The van der Waals surface area contributed by atoms with Crippen molar-refractivity contribution in [2.24, 2.45) is 0 Å². The van der Waals surface area contributed by atoms with E-state index in [4.69, 9.17) is 32.7 Å². The van der Waals surface area contributed by atoms with Crippen molar-refractivity contribution in [3.8, 4) is 0 Å². The first-order valence-electron chi connectivity index (χ1n) is 14.8. The number of pyridine rings is 1. The molecule has 236 valence electrons. The van der Waals surface area contributed by atoms with Crippen LogP contribution in [-0.2, 0) is 40.3 Å². The van der Waals surface area contributed by atoms with Crippen LogP contribution in [0.2, 0.25) is 10.0 Å². The number of carbonyl (C=O) groups excluding carboxylic acids is 2. The van der Waals surface area contributed by atoms with Gasteiger partial charge in [-0.15, -0.1) is 0 Å². The fourth-order valence-electron chi connectivity index (χ4n) is 6.47. The van der Waals surface area contributed by atoms with Gasteiger partial charge in [-0.3, -0.25) is 24.6 Å². The number of hydrogen-bond acceptors (Lipinski definition) is 8. The van der Waals surface area contributed by atoms with E-state index in [2.05, 4.69) is 15.0 Å². The second kappa shape index (κ2) is 12.2. The Morgan fingerprint density at radius 2 is 1.73 bits per heavy atom. The van der Waals surface area contributed by atoms with Crippen LogP contribution >= 0.6 is 23.2 Å². The zero-order valence-electron chi connectivity index (χ0n) is 25.0. The summed E-state index contributed by atoms with van der Waals surface area (Å²) in [6, 6.07) is 13.3. The summed E-state index contributed by atoms with van der Waals surface area (Å²) < 4.78 is 40.6. The molecule has 3 atom stereocenters. The number of rotatable bonds is 10. The largest absolute Gasteiger partial charge is 0.366 e. The lowest BCUT2D eigenvalue weighted by Gasteiger charge is -2.27. The van der Waals surface area contributed by atoms with Crippen LogP contribution in [0.15, 0.2) is 60.3 Å². The topological polar surface area (TPSA) is 124 Å². The highest BCUT2D eigenvalue weighted by molar-refractivity contribution is 7.89. The minimum Gasteiger partial charge on any atom is -0.366 e. The first-order valence-corrected chi connectivity index (χ1v) is 17.2. The fourth-order valence-corrected chi connectivity index (χ4v) is 8.40. The van der Waals surface area contributed by atoms with Gasteiger partial charge in [0.25, 0.3) is 0 Å². The Hall–Kier alpha value is -3.12. The monoisotopic (exact) mass is 669 g/mol. The quantitative estimate of drug-likeness (QED) is 0.290. The predicted octanol–water partition coefficient (Wildman–Crippen LogP) is 5.50. The number of fused-ring (bicyclic) bond motifs is 2. The highest BCUT2D eigenvalue weighted by Crippen LogP contribution is 2.53. The molecule has 0 radical (unpaired) electrons. The molecule has 0 bridgehead atoms. The van der Waals surface area contributed by atoms with Gasteiger partial charge in [-0.25, -0.2) is 8.42 Å². The zero-order chi connectivity index (χ0) is 32.1. The molecular weight excluding hydrogens is 637 g/mol. The number of amides is 1. The first-order chi connectivity index (χ1) is 21.5. The molecule has 1 aromatic heterocycles. The van der Waals surface area contributed by atoms with Gasteiger partial charge in [0, 0.05) is 51.7 Å². The Balaban J connectivity index is 1.27. The third-order valence-corrected chi connectivity index (χ3v) is 10.4. The van der Waals surface area contributed by atoms with Crippen molar-refractivity contribution >= 4 is 50.5 Å². The lowest BCUT2D eigenvalue weighted by Crippen LogP contribution is -2.39. The van der Waals surface area contributed by atoms with Crippen LogP contribution in [0.25, 0.3) is 5.57 Å². The molecule has 1 aliphatic heterocycles. The SMILES string of the molecule is CCOC1NC(c2ccc(CS(=O)(=O)NC(=O)C3(c4c(Cl)cccc4Cl)CC3)cc2C)C2=C1c1ncccc1C(OCC)C2=O. The minimum absolute atomic E-state index is 0.159. The van der Waals surface area contributed by atoms with Gasteiger partial charge in [0.1, 0.15) is 12.3 Å². The van der Waals surface area contributed by atoms with E-state index in [0.717, 1.165) is 11.1 Å². The van der Waals surface area contributed by atoms with Crippen molar-refractivity contribution in [3.63, 3.8) is 0 Å². The molecule has 6 rings (SSSR count). The van der Waals surface area contributed by atoms with Gasteiger partial charge in [0.05, 0.1) is 22.9 Å². The standard InChI is InChI=1S/C33H33Cl2N3O6S/c1-4-43-30-21-8-7-15-36-27(21)25-24(29(30)39)28(37-31(25)44-5-2)20-12-11-19(16-18(20)3)17-45(41,42)38-32(40)33(13-14-33)26-22(34)9-6-10-23(26)35/h6-12,15-16,28,30-31,37H,4-5,13-14,17H2,1-3H3,(H,38,40). The zero-order valence-corrected chi connectivity index (χ0v) is 27.4. The number of ketones is 1. The molecule has 1 saturated carbocycles. The molecule has 45 heavy (non-hydrogen) atoms. The number of hydrogen-bond donors (Lipinski definition) is 2. The number of nitrogens with one attached hydrogen (secondary N) is 2. The third kappa shape index (κ3) is 5.73. The summed E-state index contributed by atoms with van der Waals surface area (Å²) in [7, 11) is -4.06. The van der Waals surface area contributed by atoms with E-state index in [-0.39, 0.29) is 5.78 Å². The van der Waals surface area contributed by atoms with E-state index in [1.165, 1.54) is 0 Å². The number of sulfonamides is 1. The minimum atomic E-state index is -4.06. The molecule has 1 fully saturated rings. The molecule has 2 aliphatic carbocycles. The molecule has 3 aromatic rings. The summed E-state index contributed by atoms with van der Waals surface area (Å²) in [6.45, 7) is 6.35. The van der Waals surface area contributed by atoms with E-state index in [1.807, 2.05) is 26.8 Å². The predicted molar refractivity (Wildman–Crippen MR) is 171 cm³/mol. The Morgan fingerprint density at radius 1 is 1.02 bits per heavy atom. The van der Waals surface area contributed by atoms with Gasteiger partial charge >= 0.3 is 0 Å². The Morgan fingerprint density at radius 3 is 2.38 bits per heavy atom. The molecule has 12 heteroatoms. The summed E-state index contributed by atoms with van der Waals surface area (Å²) in [6.07, 6.45) is 1.23. The van der Waals surface area contributed by atoms with Crippen LogP contribution in [0.3, 0.4) is 0 Å². The van der Waals surface area contributed by atoms with E-state index in [1.54, 1.807) is 48.7 Å². The lowest BCUT2D eigenvalue weighted by atomic mass is 9.82. The van der Waals surface area contributed by atoms with E-state index in [9.17, 15) is 18.0 Å². The van der Waals surface area contributed by atoms with Crippen LogP contribution in [-0.4, -0.2) is 44.5 Å². The van der Waals surface area contributed by atoms with Gasteiger partial charge in [-0.2, -0.15) is 0 Å². The smallest absolute Gasteiger partial charge is 0.244 e. The summed E-state index contributed by atoms with van der Waals surface area (Å²) in [4.78, 5) is 31.8. The number of aryl methyl sites for hydroxylation is 1. The van der Waals surface area contributed by atoms with E-state index < -0.39 is 45.5 Å². The van der Waals surface area contributed by atoms with Crippen molar-refractivity contribution < 1.29 is 27.5 Å². The van der Waals surface area contributed by atoms with Crippen LogP contribution in [0, 0.1) is 6.92 Å². The number of ether oxygens (including phenoxy) is 2. The summed E-state index contributed by atoms with van der Waals surface area (Å²) in [5, 5.41) is 4.11.